The van der Waals surface area contributed by atoms with Gasteiger partial charge in [-0.25, -0.2) is 9.97 Å². The molecule has 1 aliphatic heterocycles. The maximum absolute atomic E-state index is 5.13. The van der Waals surface area contributed by atoms with Crippen molar-refractivity contribution in [2.75, 3.05) is 20.2 Å². The van der Waals surface area contributed by atoms with Crippen molar-refractivity contribution in [3.63, 3.8) is 0 Å². The summed E-state index contributed by atoms with van der Waals surface area (Å²) in [6.45, 7) is 5.24. The summed E-state index contributed by atoms with van der Waals surface area (Å²) in [5.41, 5.74) is 4.35. The lowest BCUT2D eigenvalue weighted by molar-refractivity contribution is 0.181. The van der Waals surface area contributed by atoms with Gasteiger partial charge in [0.25, 0.3) is 0 Å². The first-order valence-corrected chi connectivity index (χ1v) is 7.92. The zero-order chi connectivity index (χ0) is 15.4. The standard InChI is InChI=1S/C18H23N3O/c1-14(21-9-3-4-10-21)15-5-7-16(8-6-15)18-11-17(12-22-2)19-13-20-18/h5-8,11,13-14H,3-4,9-10,12H2,1-2H3. The Morgan fingerprint density at radius 2 is 1.86 bits per heavy atom. The lowest BCUT2D eigenvalue weighted by Gasteiger charge is -2.24. The van der Waals surface area contributed by atoms with Crippen LogP contribution in [0.15, 0.2) is 36.7 Å². The molecule has 2 heterocycles. The van der Waals surface area contributed by atoms with Gasteiger partial charge in [0.2, 0.25) is 0 Å². The average molecular weight is 297 g/mol. The van der Waals surface area contributed by atoms with Crippen molar-refractivity contribution in [1.82, 2.24) is 14.9 Å². The second-order valence-corrected chi connectivity index (χ2v) is 5.87. The van der Waals surface area contributed by atoms with Crippen LogP contribution in [-0.2, 0) is 11.3 Å². The van der Waals surface area contributed by atoms with Crippen LogP contribution in [0.4, 0.5) is 0 Å². The summed E-state index contributed by atoms with van der Waals surface area (Å²) in [5.74, 6) is 0. The Kier molecular flexibility index (Phi) is 4.80. The topological polar surface area (TPSA) is 38.2 Å². The number of ether oxygens (including phenoxy) is 1. The Bertz CT molecular complexity index is 606. The molecule has 1 fully saturated rings. The van der Waals surface area contributed by atoms with Gasteiger partial charge in [0, 0.05) is 18.7 Å². The number of rotatable bonds is 5. The fourth-order valence-electron chi connectivity index (χ4n) is 3.05. The van der Waals surface area contributed by atoms with Gasteiger partial charge in [0.1, 0.15) is 6.33 Å². The molecule has 1 aromatic heterocycles. The summed E-state index contributed by atoms with van der Waals surface area (Å²) in [6.07, 6.45) is 4.25. The quantitative estimate of drug-likeness (QED) is 0.847. The molecule has 1 aliphatic rings. The Morgan fingerprint density at radius 3 is 2.55 bits per heavy atom. The van der Waals surface area contributed by atoms with E-state index in [0.717, 1.165) is 17.0 Å². The lowest BCUT2D eigenvalue weighted by Crippen LogP contribution is -2.23. The third-order valence-electron chi connectivity index (χ3n) is 4.39. The molecular weight excluding hydrogens is 274 g/mol. The fourth-order valence-corrected chi connectivity index (χ4v) is 3.05. The Labute approximate surface area is 132 Å². The molecule has 2 aromatic rings. The van der Waals surface area contributed by atoms with Crippen LogP contribution in [0.1, 0.15) is 37.1 Å². The zero-order valence-electron chi connectivity index (χ0n) is 13.3. The zero-order valence-corrected chi connectivity index (χ0v) is 13.3. The predicted molar refractivity (Wildman–Crippen MR) is 87.4 cm³/mol. The minimum Gasteiger partial charge on any atom is -0.378 e. The summed E-state index contributed by atoms with van der Waals surface area (Å²) in [7, 11) is 1.68. The molecule has 0 N–H and O–H groups in total. The molecule has 0 saturated carbocycles. The van der Waals surface area contributed by atoms with E-state index < -0.39 is 0 Å². The molecule has 4 heteroatoms. The van der Waals surface area contributed by atoms with Crippen LogP contribution in [0, 0.1) is 0 Å². The average Bonchev–Trinajstić information content (AvgIpc) is 3.09. The molecule has 1 atom stereocenters. The van der Waals surface area contributed by atoms with Crippen molar-refractivity contribution in [3.8, 4) is 11.3 Å². The number of methoxy groups -OCH3 is 1. The Morgan fingerprint density at radius 1 is 1.14 bits per heavy atom. The van der Waals surface area contributed by atoms with Crippen LogP contribution in [0.2, 0.25) is 0 Å². The van der Waals surface area contributed by atoms with Crippen molar-refractivity contribution in [2.24, 2.45) is 0 Å². The molecule has 1 aromatic carbocycles. The molecule has 0 bridgehead atoms. The van der Waals surface area contributed by atoms with E-state index in [1.54, 1.807) is 13.4 Å². The normalized spacial score (nSPS) is 16.8. The highest BCUT2D eigenvalue weighted by Gasteiger charge is 2.19. The highest BCUT2D eigenvalue weighted by Crippen LogP contribution is 2.26. The number of nitrogens with zero attached hydrogens (tertiary/aromatic N) is 3. The van der Waals surface area contributed by atoms with Crippen LogP contribution in [0.5, 0.6) is 0 Å². The molecule has 4 nitrogen and oxygen atoms in total. The summed E-state index contributed by atoms with van der Waals surface area (Å²) < 4.78 is 5.13. The molecule has 0 amide bonds. The summed E-state index contributed by atoms with van der Waals surface area (Å²) >= 11 is 0. The van der Waals surface area contributed by atoms with Gasteiger partial charge < -0.3 is 4.74 Å². The maximum atomic E-state index is 5.13. The molecule has 1 unspecified atom stereocenters. The van der Waals surface area contributed by atoms with Gasteiger partial charge in [-0.1, -0.05) is 24.3 Å². The van der Waals surface area contributed by atoms with Crippen molar-refractivity contribution in [1.29, 1.82) is 0 Å². The van der Waals surface area contributed by atoms with Gasteiger partial charge in [0.15, 0.2) is 0 Å². The van der Waals surface area contributed by atoms with E-state index in [4.69, 9.17) is 4.74 Å². The summed E-state index contributed by atoms with van der Waals surface area (Å²) in [6, 6.07) is 11.2. The first kappa shape index (κ1) is 15.1. The summed E-state index contributed by atoms with van der Waals surface area (Å²) in [5, 5.41) is 0. The lowest BCUT2D eigenvalue weighted by atomic mass is 10.0. The van der Waals surface area contributed by atoms with Crippen molar-refractivity contribution in [3.05, 3.63) is 47.9 Å². The predicted octanol–water partition coefficient (Wildman–Crippen LogP) is 3.45. The molecule has 0 aliphatic carbocycles. The van der Waals surface area contributed by atoms with Gasteiger partial charge in [-0.15, -0.1) is 0 Å². The second-order valence-electron chi connectivity index (χ2n) is 5.87. The van der Waals surface area contributed by atoms with Gasteiger partial charge in [0.05, 0.1) is 18.0 Å². The molecule has 1 saturated heterocycles. The van der Waals surface area contributed by atoms with E-state index in [-0.39, 0.29) is 0 Å². The monoisotopic (exact) mass is 297 g/mol. The highest BCUT2D eigenvalue weighted by atomic mass is 16.5. The number of hydrogen-bond acceptors (Lipinski definition) is 4. The van der Waals surface area contributed by atoms with E-state index in [0.29, 0.717) is 12.6 Å². The van der Waals surface area contributed by atoms with E-state index >= 15 is 0 Å². The van der Waals surface area contributed by atoms with Crippen LogP contribution < -0.4 is 0 Å². The Balaban J connectivity index is 1.77. The number of hydrogen-bond donors (Lipinski definition) is 0. The van der Waals surface area contributed by atoms with Crippen LogP contribution >= 0.6 is 0 Å². The second kappa shape index (κ2) is 6.99. The molecule has 0 spiro atoms. The van der Waals surface area contributed by atoms with E-state index in [9.17, 15) is 0 Å². The molecule has 0 radical (unpaired) electrons. The van der Waals surface area contributed by atoms with E-state index in [2.05, 4.69) is 46.1 Å². The first-order valence-electron chi connectivity index (χ1n) is 7.92. The molecular formula is C18H23N3O. The summed E-state index contributed by atoms with van der Waals surface area (Å²) in [4.78, 5) is 11.1. The van der Waals surface area contributed by atoms with Gasteiger partial charge in [-0.05, 0) is 44.5 Å². The highest BCUT2D eigenvalue weighted by molar-refractivity contribution is 5.59. The third-order valence-corrected chi connectivity index (χ3v) is 4.39. The van der Waals surface area contributed by atoms with Gasteiger partial charge in [-0.3, -0.25) is 4.90 Å². The maximum Gasteiger partial charge on any atom is 0.116 e. The van der Waals surface area contributed by atoms with Crippen molar-refractivity contribution >= 4 is 0 Å². The van der Waals surface area contributed by atoms with Crippen molar-refractivity contribution in [2.45, 2.75) is 32.4 Å². The van der Waals surface area contributed by atoms with Crippen LogP contribution in [-0.4, -0.2) is 35.1 Å². The van der Waals surface area contributed by atoms with Crippen LogP contribution in [0.3, 0.4) is 0 Å². The number of benzene rings is 1. The number of likely N-dealkylation sites (tertiary alicyclic amines) is 1. The SMILES string of the molecule is COCc1cc(-c2ccc(C(C)N3CCCC3)cc2)ncn1. The fraction of sp³-hybridized carbons (Fsp3) is 0.444. The first-order chi connectivity index (χ1) is 10.8. The third kappa shape index (κ3) is 3.34. The molecule has 3 rings (SSSR count). The van der Waals surface area contributed by atoms with Gasteiger partial charge >= 0.3 is 0 Å². The molecule has 22 heavy (non-hydrogen) atoms. The van der Waals surface area contributed by atoms with E-state index in [1.807, 2.05) is 6.07 Å². The smallest absolute Gasteiger partial charge is 0.116 e. The van der Waals surface area contributed by atoms with Crippen LogP contribution in [0.25, 0.3) is 11.3 Å². The van der Waals surface area contributed by atoms with Crippen molar-refractivity contribution < 1.29 is 4.74 Å². The van der Waals surface area contributed by atoms with E-state index in [1.165, 1.54) is 31.5 Å². The Hall–Kier alpha value is -1.78. The number of aromatic nitrogens is 2. The van der Waals surface area contributed by atoms with Gasteiger partial charge in [-0.2, -0.15) is 0 Å². The largest absolute Gasteiger partial charge is 0.378 e. The molecule has 116 valence electrons. The minimum absolute atomic E-state index is 0.492. The minimum atomic E-state index is 0.492.